The molecule has 1 aromatic heterocycles. The molecule has 3 heteroatoms. The first-order valence-corrected chi connectivity index (χ1v) is 3.85. The zero-order valence-corrected chi connectivity index (χ0v) is 7.63. The number of H-pyrrole nitrogens is 1. The van der Waals surface area contributed by atoms with Gasteiger partial charge in [0, 0.05) is 35.1 Å². The van der Waals surface area contributed by atoms with E-state index < -0.39 is 0 Å². The first-order chi connectivity index (χ1) is 5.16. The van der Waals surface area contributed by atoms with Crippen LogP contribution in [0.25, 0.3) is 5.70 Å². The van der Waals surface area contributed by atoms with Gasteiger partial charge < -0.3 is 10.3 Å². The summed E-state index contributed by atoms with van der Waals surface area (Å²) in [5.74, 6) is 0. The molecule has 0 saturated heterocycles. The second-order valence-electron chi connectivity index (χ2n) is 2.40. The van der Waals surface area contributed by atoms with Crippen LogP contribution in [0.15, 0.2) is 17.7 Å². The lowest BCUT2D eigenvalue weighted by atomic mass is 10.2. The average Bonchev–Trinajstić information content (AvgIpc) is 2.30. The molecule has 0 aliphatic carbocycles. The second-order valence-corrected chi connectivity index (χ2v) is 2.88. The van der Waals surface area contributed by atoms with Gasteiger partial charge in [-0.25, -0.2) is 0 Å². The Labute approximate surface area is 72.1 Å². The minimum Gasteiger partial charge on any atom is -0.388 e. The van der Waals surface area contributed by atoms with Gasteiger partial charge in [-0.15, -0.1) is 12.6 Å². The standard InChI is InChI=1S/C8H12N2S/c1-5(9-3)8-6(2)10-4-7(8)11/h4,9-11H,1H2,2-3H3. The third-order valence-electron chi connectivity index (χ3n) is 1.66. The Morgan fingerprint density at radius 1 is 1.73 bits per heavy atom. The summed E-state index contributed by atoms with van der Waals surface area (Å²) in [5, 5.41) is 2.99. The summed E-state index contributed by atoms with van der Waals surface area (Å²) in [6.07, 6.45) is 1.86. The highest BCUT2D eigenvalue weighted by atomic mass is 32.1. The van der Waals surface area contributed by atoms with E-state index in [4.69, 9.17) is 0 Å². The molecule has 1 heterocycles. The second kappa shape index (κ2) is 3.05. The van der Waals surface area contributed by atoms with E-state index in [2.05, 4.69) is 29.5 Å². The predicted octanol–water partition coefficient (Wildman–Crippen LogP) is 1.80. The summed E-state index contributed by atoms with van der Waals surface area (Å²) in [4.78, 5) is 4.01. The van der Waals surface area contributed by atoms with Crippen molar-refractivity contribution in [3.63, 3.8) is 0 Å². The van der Waals surface area contributed by atoms with Crippen LogP contribution in [0.1, 0.15) is 11.3 Å². The van der Waals surface area contributed by atoms with Crippen molar-refractivity contribution in [2.75, 3.05) is 7.05 Å². The number of nitrogens with one attached hydrogen (secondary N) is 2. The number of aromatic amines is 1. The Kier molecular flexibility index (Phi) is 2.29. The number of rotatable bonds is 2. The maximum atomic E-state index is 4.28. The molecule has 0 radical (unpaired) electrons. The largest absolute Gasteiger partial charge is 0.388 e. The van der Waals surface area contributed by atoms with E-state index in [1.807, 2.05) is 20.2 Å². The van der Waals surface area contributed by atoms with E-state index in [0.717, 1.165) is 21.8 Å². The van der Waals surface area contributed by atoms with Crippen LogP contribution in [0.3, 0.4) is 0 Å². The highest BCUT2D eigenvalue weighted by molar-refractivity contribution is 7.80. The molecule has 1 aromatic rings. The van der Waals surface area contributed by atoms with Gasteiger partial charge in [-0.1, -0.05) is 6.58 Å². The van der Waals surface area contributed by atoms with Gasteiger partial charge in [0.05, 0.1) is 0 Å². The van der Waals surface area contributed by atoms with Crippen LogP contribution >= 0.6 is 12.6 Å². The molecule has 0 spiro atoms. The van der Waals surface area contributed by atoms with Gasteiger partial charge in [-0.2, -0.15) is 0 Å². The third kappa shape index (κ3) is 1.43. The number of aryl methyl sites for hydroxylation is 1. The molecular formula is C8H12N2S. The van der Waals surface area contributed by atoms with Crippen LogP contribution in [-0.2, 0) is 0 Å². The molecule has 1 rings (SSSR count). The molecule has 60 valence electrons. The third-order valence-corrected chi connectivity index (χ3v) is 2.01. The monoisotopic (exact) mass is 168 g/mol. The fourth-order valence-electron chi connectivity index (χ4n) is 1.02. The van der Waals surface area contributed by atoms with Crippen molar-refractivity contribution in [3.05, 3.63) is 24.0 Å². The van der Waals surface area contributed by atoms with Crippen molar-refractivity contribution in [2.24, 2.45) is 0 Å². The fourth-order valence-corrected chi connectivity index (χ4v) is 1.39. The molecule has 2 N–H and O–H groups in total. The topological polar surface area (TPSA) is 27.8 Å². The minimum absolute atomic E-state index is 0.897. The van der Waals surface area contributed by atoms with Crippen LogP contribution < -0.4 is 5.32 Å². The van der Waals surface area contributed by atoms with Crippen molar-refractivity contribution < 1.29 is 0 Å². The van der Waals surface area contributed by atoms with Crippen molar-refractivity contribution in [3.8, 4) is 0 Å². The smallest absolute Gasteiger partial charge is 0.0367 e. The normalized spacial score (nSPS) is 9.73. The van der Waals surface area contributed by atoms with Crippen LogP contribution in [0.4, 0.5) is 0 Å². The summed E-state index contributed by atoms with van der Waals surface area (Å²) in [5.41, 5.74) is 3.05. The molecule has 0 aliphatic heterocycles. The molecule has 2 nitrogen and oxygen atoms in total. The summed E-state index contributed by atoms with van der Waals surface area (Å²) in [6, 6.07) is 0. The molecule has 0 atom stereocenters. The molecule has 11 heavy (non-hydrogen) atoms. The van der Waals surface area contributed by atoms with E-state index in [1.165, 1.54) is 0 Å². The average molecular weight is 168 g/mol. The molecule has 0 unspecified atom stereocenters. The van der Waals surface area contributed by atoms with Gasteiger partial charge in [0.1, 0.15) is 0 Å². The van der Waals surface area contributed by atoms with Crippen molar-refractivity contribution in [2.45, 2.75) is 11.8 Å². The lowest BCUT2D eigenvalue weighted by molar-refractivity contribution is 1.11. The van der Waals surface area contributed by atoms with Gasteiger partial charge in [-0.3, -0.25) is 0 Å². The summed E-state index contributed by atoms with van der Waals surface area (Å²) >= 11 is 4.28. The van der Waals surface area contributed by atoms with Gasteiger partial charge in [-0.05, 0) is 6.92 Å². The lowest BCUT2D eigenvalue weighted by Gasteiger charge is -2.04. The summed E-state index contributed by atoms with van der Waals surface area (Å²) in [7, 11) is 1.85. The number of aromatic nitrogens is 1. The van der Waals surface area contributed by atoms with Crippen LogP contribution in [0, 0.1) is 6.92 Å². The Morgan fingerprint density at radius 2 is 2.36 bits per heavy atom. The summed E-state index contributed by atoms with van der Waals surface area (Å²) < 4.78 is 0. The maximum absolute atomic E-state index is 4.28. The number of thiol groups is 1. The fraction of sp³-hybridized carbons (Fsp3) is 0.250. The molecule has 0 aliphatic rings. The lowest BCUT2D eigenvalue weighted by Crippen LogP contribution is -2.03. The molecule has 0 bridgehead atoms. The van der Waals surface area contributed by atoms with Gasteiger partial charge >= 0.3 is 0 Å². The van der Waals surface area contributed by atoms with Crippen LogP contribution in [0.5, 0.6) is 0 Å². The van der Waals surface area contributed by atoms with Crippen LogP contribution in [0.2, 0.25) is 0 Å². The van der Waals surface area contributed by atoms with Crippen molar-refractivity contribution >= 4 is 18.3 Å². The highest BCUT2D eigenvalue weighted by Crippen LogP contribution is 2.22. The molecule has 0 saturated carbocycles. The Balaban J connectivity index is 3.10. The Morgan fingerprint density at radius 3 is 2.73 bits per heavy atom. The molecule has 0 aromatic carbocycles. The molecular weight excluding hydrogens is 156 g/mol. The van der Waals surface area contributed by atoms with Crippen LogP contribution in [-0.4, -0.2) is 12.0 Å². The van der Waals surface area contributed by atoms with E-state index in [9.17, 15) is 0 Å². The Hall–Kier alpha value is -0.830. The molecule has 0 amide bonds. The zero-order chi connectivity index (χ0) is 8.43. The molecule has 0 fully saturated rings. The first-order valence-electron chi connectivity index (χ1n) is 3.40. The summed E-state index contributed by atoms with van der Waals surface area (Å²) in [6.45, 7) is 5.85. The van der Waals surface area contributed by atoms with E-state index >= 15 is 0 Å². The minimum atomic E-state index is 0.897. The van der Waals surface area contributed by atoms with E-state index in [0.29, 0.717) is 0 Å². The van der Waals surface area contributed by atoms with Crippen molar-refractivity contribution in [1.29, 1.82) is 0 Å². The first kappa shape index (κ1) is 8.27. The number of hydrogen-bond donors (Lipinski definition) is 3. The van der Waals surface area contributed by atoms with Crippen molar-refractivity contribution in [1.82, 2.24) is 10.3 Å². The Bertz CT molecular complexity index is 256. The quantitative estimate of drug-likeness (QED) is 0.577. The number of hydrogen-bond acceptors (Lipinski definition) is 2. The van der Waals surface area contributed by atoms with Gasteiger partial charge in [0.2, 0.25) is 0 Å². The van der Waals surface area contributed by atoms with Gasteiger partial charge in [0.25, 0.3) is 0 Å². The van der Waals surface area contributed by atoms with E-state index in [-0.39, 0.29) is 0 Å². The SMILES string of the molecule is C=C(NC)c1c(S)c[nH]c1C. The predicted molar refractivity (Wildman–Crippen MR) is 50.9 cm³/mol. The van der Waals surface area contributed by atoms with Gasteiger partial charge in [0.15, 0.2) is 0 Å². The zero-order valence-electron chi connectivity index (χ0n) is 6.73. The van der Waals surface area contributed by atoms with E-state index in [1.54, 1.807) is 0 Å². The maximum Gasteiger partial charge on any atom is 0.0367 e. The highest BCUT2D eigenvalue weighted by Gasteiger charge is 2.06.